The van der Waals surface area contributed by atoms with Crippen LogP contribution in [0.25, 0.3) is 0 Å². The number of hydrogen-bond acceptors (Lipinski definition) is 6. The quantitative estimate of drug-likeness (QED) is 0.793. The van der Waals surface area contributed by atoms with E-state index in [1.807, 2.05) is 31.2 Å². The zero-order valence-electron chi connectivity index (χ0n) is 12.1. The third kappa shape index (κ3) is 4.56. The summed E-state index contributed by atoms with van der Waals surface area (Å²) >= 11 is 3.48. The van der Waals surface area contributed by atoms with Gasteiger partial charge in [0, 0.05) is 11.0 Å². The average Bonchev–Trinajstić information content (AvgIpc) is 2.48. The first kappa shape index (κ1) is 15.5. The van der Waals surface area contributed by atoms with E-state index in [4.69, 9.17) is 4.74 Å². The zero-order chi connectivity index (χ0) is 15.1. The van der Waals surface area contributed by atoms with Crippen molar-refractivity contribution >= 4 is 33.5 Å². The summed E-state index contributed by atoms with van der Waals surface area (Å²) in [4.78, 5) is 12.8. The maximum absolute atomic E-state index is 5.38. The largest absolute Gasteiger partial charge is 0.464 e. The van der Waals surface area contributed by atoms with Crippen molar-refractivity contribution in [3.8, 4) is 6.01 Å². The monoisotopic (exact) mass is 351 g/mol. The Bertz CT molecular complexity index is 593. The number of rotatable bonds is 7. The maximum Gasteiger partial charge on any atom is 0.323 e. The zero-order valence-corrected chi connectivity index (χ0v) is 13.6. The lowest BCUT2D eigenvalue weighted by molar-refractivity contribution is 0.312. The summed E-state index contributed by atoms with van der Waals surface area (Å²) in [5.74, 6) is 0.948. The first-order valence-electron chi connectivity index (χ1n) is 6.87. The lowest BCUT2D eigenvalue weighted by atomic mass is 10.3. The van der Waals surface area contributed by atoms with E-state index in [1.165, 1.54) is 0 Å². The predicted octanol–water partition coefficient (Wildman–Crippen LogP) is 3.60. The minimum Gasteiger partial charge on any atom is -0.464 e. The molecule has 0 atom stereocenters. The van der Waals surface area contributed by atoms with Crippen LogP contribution < -0.4 is 15.4 Å². The Morgan fingerprint density at radius 3 is 2.57 bits per heavy atom. The molecule has 6 nitrogen and oxygen atoms in total. The summed E-state index contributed by atoms with van der Waals surface area (Å²) in [6.07, 6.45) is 0.989. The smallest absolute Gasteiger partial charge is 0.323 e. The molecule has 112 valence electrons. The number of nitrogens with zero attached hydrogens (tertiary/aromatic N) is 3. The van der Waals surface area contributed by atoms with Gasteiger partial charge in [-0.05, 0) is 41.4 Å². The van der Waals surface area contributed by atoms with Crippen LogP contribution >= 0.6 is 15.9 Å². The number of para-hydroxylation sites is 1. The van der Waals surface area contributed by atoms with E-state index in [1.54, 1.807) is 0 Å². The van der Waals surface area contributed by atoms with Gasteiger partial charge in [-0.2, -0.15) is 15.0 Å². The van der Waals surface area contributed by atoms with Crippen LogP contribution in [0.1, 0.15) is 20.3 Å². The van der Waals surface area contributed by atoms with Crippen LogP contribution in [-0.4, -0.2) is 28.1 Å². The second-order valence-corrected chi connectivity index (χ2v) is 5.08. The number of nitrogens with one attached hydrogen (secondary N) is 2. The highest BCUT2D eigenvalue weighted by molar-refractivity contribution is 9.10. The van der Waals surface area contributed by atoms with Gasteiger partial charge in [-0.1, -0.05) is 19.1 Å². The Morgan fingerprint density at radius 2 is 1.86 bits per heavy atom. The molecule has 0 aliphatic heterocycles. The minimum atomic E-state index is 0.306. The average molecular weight is 352 g/mol. The third-order valence-electron chi connectivity index (χ3n) is 2.54. The van der Waals surface area contributed by atoms with Crippen molar-refractivity contribution in [1.29, 1.82) is 0 Å². The summed E-state index contributed by atoms with van der Waals surface area (Å²) in [5, 5.41) is 6.30. The van der Waals surface area contributed by atoms with Crippen molar-refractivity contribution in [2.24, 2.45) is 0 Å². The molecular formula is C14H18BrN5O. The fraction of sp³-hybridized carbons (Fsp3) is 0.357. The molecule has 0 bridgehead atoms. The number of benzene rings is 1. The fourth-order valence-corrected chi connectivity index (χ4v) is 1.99. The van der Waals surface area contributed by atoms with Gasteiger partial charge in [0.15, 0.2) is 0 Å². The standard InChI is InChI=1S/C14H18BrN5O/c1-3-9-16-12-18-13(20-14(19-12)21-4-2)17-11-8-6-5-7-10(11)15/h5-8H,3-4,9H2,1-2H3,(H2,16,17,18,19,20). The highest BCUT2D eigenvalue weighted by Crippen LogP contribution is 2.24. The molecule has 0 spiro atoms. The van der Waals surface area contributed by atoms with Crippen molar-refractivity contribution in [3.63, 3.8) is 0 Å². The first-order chi connectivity index (χ1) is 10.2. The van der Waals surface area contributed by atoms with Gasteiger partial charge in [0.2, 0.25) is 11.9 Å². The number of aromatic nitrogens is 3. The van der Waals surface area contributed by atoms with Gasteiger partial charge >= 0.3 is 6.01 Å². The topological polar surface area (TPSA) is 72.0 Å². The molecule has 0 aliphatic carbocycles. The SMILES string of the molecule is CCCNc1nc(Nc2ccccc2Br)nc(OCC)n1. The summed E-state index contributed by atoms with van der Waals surface area (Å²) in [6.45, 7) is 5.28. The number of hydrogen-bond donors (Lipinski definition) is 2. The van der Waals surface area contributed by atoms with E-state index in [0.717, 1.165) is 23.1 Å². The summed E-state index contributed by atoms with van der Waals surface area (Å²) in [7, 11) is 0. The summed E-state index contributed by atoms with van der Waals surface area (Å²) in [6, 6.07) is 8.08. The Morgan fingerprint density at radius 1 is 1.10 bits per heavy atom. The first-order valence-corrected chi connectivity index (χ1v) is 7.66. The van der Waals surface area contributed by atoms with Crippen LogP contribution in [0.4, 0.5) is 17.6 Å². The third-order valence-corrected chi connectivity index (χ3v) is 3.23. The van der Waals surface area contributed by atoms with Gasteiger partial charge in [0.25, 0.3) is 0 Å². The van der Waals surface area contributed by atoms with Gasteiger partial charge in [-0.3, -0.25) is 0 Å². The van der Waals surface area contributed by atoms with Crippen molar-refractivity contribution in [1.82, 2.24) is 15.0 Å². The minimum absolute atomic E-state index is 0.306. The molecule has 0 saturated carbocycles. The molecule has 0 saturated heterocycles. The number of anilines is 3. The van der Waals surface area contributed by atoms with Crippen LogP contribution in [-0.2, 0) is 0 Å². The van der Waals surface area contributed by atoms with Gasteiger partial charge in [-0.15, -0.1) is 0 Å². The van der Waals surface area contributed by atoms with Gasteiger partial charge in [0.1, 0.15) is 0 Å². The molecule has 0 aliphatic rings. The van der Waals surface area contributed by atoms with Crippen molar-refractivity contribution in [3.05, 3.63) is 28.7 Å². The highest BCUT2D eigenvalue weighted by atomic mass is 79.9. The van der Waals surface area contributed by atoms with Crippen molar-refractivity contribution < 1.29 is 4.74 Å². The molecule has 1 aromatic heterocycles. The molecule has 0 fully saturated rings. The van der Waals surface area contributed by atoms with E-state index in [9.17, 15) is 0 Å². The summed E-state index contributed by atoms with van der Waals surface area (Å²) < 4.78 is 6.32. The molecule has 2 N–H and O–H groups in total. The van der Waals surface area contributed by atoms with Crippen LogP contribution in [0.15, 0.2) is 28.7 Å². The molecular weight excluding hydrogens is 334 g/mol. The Hall–Kier alpha value is -1.89. The van der Waals surface area contributed by atoms with E-state index in [2.05, 4.69) is 48.4 Å². The van der Waals surface area contributed by atoms with Crippen molar-refractivity contribution in [2.45, 2.75) is 20.3 Å². The highest BCUT2D eigenvalue weighted by Gasteiger charge is 2.08. The van der Waals surface area contributed by atoms with Gasteiger partial charge < -0.3 is 15.4 Å². The number of ether oxygens (including phenoxy) is 1. The lowest BCUT2D eigenvalue weighted by Crippen LogP contribution is -2.10. The molecule has 0 radical (unpaired) electrons. The molecule has 0 amide bonds. The van der Waals surface area contributed by atoms with Crippen LogP contribution in [0.3, 0.4) is 0 Å². The predicted molar refractivity (Wildman–Crippen MR) is 87.2 cm³/mol. The molecule has 21 heavy (non-hydrogen) atoms. The Labute approximate surface area is 132 Å². The second-order valence-electron chi connectivity index (χ2n) is 4.23. The Balaban J connectivity index is 2.24. The molecule has 1 heterocycles. The van der Waals surface area contributed by atoms with E-state index >= 15 is 0 Å². The van der Waals surface area contributed by atoms with Crippen molar-refractivity contribution in [2.75, 3.05) is 23.8 Å². The van der Waals surface area contributed by atoms with Crippen LogP contribution in [0.5, 0.6) is 6.01 Å². The normalized spacial score (nSPS) is 10.2. The van der Waals surface area contributed by atoms with Crippen LogP contribution in [0.2, 0.25) is 0 Å². The second kappa shape index (κ2) is 7.78. The maximum atomic E-state index is 5.38. The van der Waals surface area contributed by atoms with E-state index in [-0.39, 0.29) is 0 Å². The van der Waals surface area contributed by atoms with E-state index < -0.39 is 0 Å². The molecule has 0 unspecified atom stereocenters. The molecule has 2 rings (SSSR count). The Kier molecular flexibility index (Phi) is 5.74. The lowest BCUT2D eigenvalue weighted by Gasteiger charge is -2.10. The molecule has 7 heteroatoms. The number of halogens is 1. The van der Waals surface area contributed by atoms with E-state index in [0.29, 0.717) is 24.5 Å². The summed E-state index contributed by atoms with van der Waals surface area (Å²) in [5.41, 5.74) is 0.882. The van der Waals surface area contributed by atoms with Gasteiger partial charge in [0.05, 0.1) is 12.3 Å². The molecule has 1 aromatic carbocycles. The fourth-order valence-electron chi connectivity index (χ4n) is 1.60. The van der Waals surface area contributed by atoms with Gasteiger partial charge in [-0.25, -0.2) is 0 Å². The van der Waals surface area contributed by atoms with Crippen LogP contribution in [0, 0.1) is 0 Å². The molecule has 2 aromatic rings.